The van der Waals surface area contributed by atoms with Gasteiger partial charge in [-0.2, -0.15) is 5.10 Å². The van der Waals surface area contributed by atoms with Crippen LogP contribution in [0.2, 0.25) is 0 Å². The lowest BCUT2D eigenvalue weighted by Crippen LogP contribution is -2.09. The molecule has 5 nitrogen and oxygen atoms in total. The zero-order chi connectivity index (χ0) is 12.8. The Hall–Kier alpha value is -1.88. The van der Waals surface area contributed by atoms with Gasteiger partial charge in [-0.05, 0) is 12.5 Å². The van der Waals surface area contributed by atoms with E-state index in [4.69, 9.17) is 10.5 Å². The molecule has 0 amide bonds. The molecule has 18 heavy (non-hydrogen) atoms. The van der Waals surface area contributed by atoms with Crippen molar-refractivity contribution >= 4 is 0 Å². The minimum atomic E-state index is 0.414. The average Bonchev–Trinajstić information content (AvgIpc) is 2.84. The van der Waals surface area contributed by atoms with Gasteiger partial charge >= 0.3 is 0 Å². The fraction of sp³-hybridized carbons (Fsp3) is 0.385. The number of rotatable bonds is 6. The Bertz CT molecular complexity index is 495. The van der Waals surface area contributed by atoms with Crippen molar-refractivity contribution in [2.45, 2.75) is 33.0 Å². The van der Waals surface area contributed by atoms with E-state index in [1.165, 1.54) is 0 Å². The van der Waals surface area contributed by atoms with Gasteiger partial charge in [0.25, 0.3) is 0 Å². The van der Waals surface area contributed by atoms with Crippen LogP contribution in [0.1, 0.15) is 24.7 Å². The molecule has 2 N–H and O–H groups in total. The number of hydrogen-bond donors (Lipinski definition) is 1. The van der Waals surface area contributed by atoms with Gasteiger partial charge in [-0.1, -0.05) is 25.1 Å². The van der Waals surface area contributed by atoms with Crippen molar-refractivity contribution in [3.63, 3.8) is 0 Å². The second kappa shape index (κ2) is 6.16. The molecular weight excluding hydrogens is 228 g/mol. The Kier molecular flexibility index (Phi) is 4.30. The molecule has 0 aliphatic carbocycles. The molecule has 0 saturated carbocycles. The Morgan fingerprint density at radius 1 is 1.33 bits per heavy atom. The average molecular weight is 246 g/mol. The van der Waals surface area contributed by atoms with E-state index in [0.29, 0.717) is 13.2 Å². The van der Waals surface area contributed by atoms with Gasteiger partial charge in [-0.25, -0.2) is 9.67 Å². The Balaban J connectivity index is 2.04. The molecule has 1 heterocycles. The fourth-order valence-electron chi connectivity index (χ4n) is 1.75. The van der Waals surface area contributed by atoms with Crippen LogP contribution in [0.25, 0.3) is 0 Å². The SMILES string of the molecule is CCCn1ncnc1COc1ccccc1CN. The zero-order valence-electron chi connectivity index (χ0n) is 10.5. The third kappa shape index (κ3) is 2.87. The number of hydrogen-bond acceptors (Lipinski definition) is 4. The van der Waals surface area contributed by atoms with Crippen LogP contribution >= 0.6 is 0 Å². The summed E-state index contributed by atoms with van der Waals surface area (Å²) in [4.78, 5) is 4.20. The molecule has 2 aromatic rings. The van der Waals surface area contributed by atoms with E-state index in [-0.39, 0.29) is 0 Å². The zero-order valence-corrected chi connectivity index (χ0v) is 10.5. The summed E-state index contributed by atoms with van der Waals surface area (Å²) in [7, 11) is 0. The van der Waals surface area contributed by atoms with E-state index >= 15 is 0 Å². The third-order valence-corrected chi connectivity index (χ3v) is 2.68. The molecule has 0 radical (unpaired) electrons. The van der Waals surface area contributed by atoms with Crippen molar-refractivity contribution in [3.8, 4) is 5.75 Å². The lowest BCUT2D eigenvalue weighted by molar-refractivity contribution is 0.283. The molecular formula is C13H18N4O. The summed E-state index contributed by atoms with van der Waals surface area (Å²) in [6.07, 6.45) is 2.58. The first kappa shape index (κ1) is 12.6. The molecule has 2 rings (SSSR count). The number of aryl methyl sites for hydroxylation is 1. The maximum Gasteiger partial charge on any atom is 0.164 e. The predicted molar refractivity (Wildman–Crippen MR) is 69.0 cm³/mol. The number of aromatic nitrogens is 3. The molecule has 1 aromatic heterocycles. The van der Waals surface area contributed by atoms with Crippen LogP contribution in [-0.2, 0) is 19.7 Å². The first-order valence-corrected chi connectivity index (χ1v) is 6.12. The lowest BCUT2D eigenvalue weighted by Gasteiger charge is -2.10. The van der Waals surface area contributed by atoms with Crippen molar-refractivity contribution in [1.82, 2.24) is 14.8 Å². The van der Waals surface area contributed by atoms with Crippen LogP contribution in [0.3, 0.4) is 0 Å². The van der Waals surface area contributed by atoms with Gasteiger partial charge in [0, 0.05) is 18.7 Å². The van der Waals surface area contributed by atoms with Crippen LogP contribution in [0.4, 0.5) is 0 Å². The number of para-hydroxylation sites is 1. The third-order valence-electron chi connectivity index (χ3n) is 2.68. The maximum absolute atomic E-state index is 5.76. The van der Waals surface area contributed by atoms with Gasteiger partial charge in [0.05, 0.1) is 0 Å². The molecule has 0 bridgehead atoms. The molecule has 0 aliphatic rings. The molecule has 0 unspecified atom stereocenters. The van der Waals surface area contributed by atoms with E-state index in [1.54, 1.807) is 6.33 Å². The van der Waals surface area contributed by atoms with Crippen LogP contribution in [0.5, 0.6) is 5.75 Å². The van der Waals surface area contributed by atoms with Crippen molar-refractivity contribution in [2.75, 3.05) is 0 Å². The molecule has 0 aliphatic heterocycles. The standard InChI is InChI=1S/C13H18N4O/c1-2-7-17-13(15-10-16-17)9-18-12-6-4-3-5-11(12)8-14/h3-6,10H,2,7-9,14H2,1H3. The molecule has 96 valence electrons. The lowest BCUT2D eigenvalue weighted by atomic mass is 10.2. The highest BCUT2D eigenvalue weighted by Crippen LogP contribution is 2.18. The van der Waals surface area contributed by atoms with Gasteiger partial charge in [-0.3, -0.25) is 0 Å². The van der Waals surface area contributed by atoms with Crippen LogP contribution in [0.15, 0.2) is 30.6 Å². The Morgan fingerprint density at radius 2 is 2.17 bits per heavy atom. The maximum atomic E-state index is 5.76. The molecule has 0 saturated heterocycles. The van der Waals surface area contributed by atoms with Gasteiger partial charge < -0.3 is 10.5 Å². The van der Waals surface area contributed by atoms with Gasteiger partial charge in [-0.15, -0.1) is 0 Å². The normalized spacial score (nSPS) is 10.6. The van der Waals surface area contributed by atoms with Crippen molar-refractivity contribution in [2.24, 2.45) is 5.73 Å². The van der Waals surface area contributed by atoms with Crippen LogP contribution in [-0.4, -0.2) is 14.8 Å². The second-order valence-electron chi connectivity index (χ2n) is 4.00. The minimum Gasteiger partial charge on any atom is -0.485 e. The van der Waals surface area contributed by atoms with E-state index in [2.05, 4.69) is 17.0 Å². The quantitative estimate of drug-likeness (QED) is 0.843. The summed E-state index contributed by atoms with van der Waals surface area (Å²) in [5, 5.41) is 4.16. The highest BCUT2D eigenvalue weighted by molar-refractivity contribution is 5.32. The summed E-state index contributed by atoms with van der Waals surface area (Å²) in [6, 6.07) is 7.77. The Morgan fingerprint density at radius 3 is 2.94 bits per heavy atom. The van der Waals surface area contributed by atoms with E-state index in [1.807, 2.05) is 28.9 Å². The van der Waals surface area contributed by atoms with Crippen LogP contribution < -0.4 is 10.5 Å². The second-order valence-corrected chi connectivity index (χ2v) is 4.00. The summed E-state index contributed by atoms with van der Waals surface area (Å²) in [6.45, 7) is 3.85. The number of ether oxygens (including phenoxy) is 1. The largest absolute Gasteiger partial charge is 0.485 e. The van der Waals surface area contributed by atoms with E-state index in [9.17, 15) is 0 Å². The fourth-order valence-corrected chi connectivity index (χ4v) is 1.75. The summed E-state index contributed by atoms with van der Waals surface area (Å²) in [5.41, 5.74) is 6.66. The number of nitrogens with two attached hydrogens (primary N) is 1. The van der Waals surface area contributed by atoms with Crippen LogP contribution in [0, 0.1) is 0 Å². The monoisotopic (exact) mass is 246 g/mol. The topological polar surface area (TPSA) is 66.0 Å². The molecule has 0 atom stereocenters. The molecule has 1 aromatic carbocycles. The van der Waals surface area contributed by atoms with E-state index < -0.39 is 0 Å². The molecule has 5 heteroatoms. The first-order valence-electron chi connectivity index (χ1n) is 6.12. The summed E-state index contributed by atoms with van der Waals surface area (Å²) >= 11 is 0. The highest BCUT2D eigenvalue weighted by atomic mass is 16.5. The van der Waals surface area contributed by atoms with Crippen molar-refractivity contribution in [1.29, 1.82) is 0 Å². The molecule has 0 spiro atoms. The molecule has 0 fully saturated rings. The summed E-state index contributed by atoms with van der Waals surface area (Å²) in [5.74, 6) is 1.65. The van der Waals surface area contributed by atoms with Gasteiger partial charge in [0.1, 0.15) is 18.7 Å². The Labute approximate surface area is 107 Å². The summed E-state index contributed by atoms with van der Waals surface area (Å²) < 4.78 is 7.62. The smallest absolute Gasteiger partial charge is 0.164 e. The van der Waals surface area contributed by atoms with Crippen molar-refractivity contribution < 1.29 is 4.74 Å². The number of nitrogens with zero attached hydrogens (tertiary/aromatic N) is 3. The first-order chi connectivity index (χ1) is 8.85. The van der Waals surface area contributed by atoms with E-state index in [0.717, 1.165) is 30.1 Å². The van der Waals surface area contributed by atoms with Gasteiger partial charge in [0.15, 0.2) is 5.82 Å². The van der Waals surface area contributed by atoms with Gasteiger partial charge in [0.2, 0.25) is 0 Å². The minimum absolute atomic E-state index is 0.414. The highest BCUT2D eigenvalue weighted by Gasteiger charge is 2.06. The van der Waals surface area contributed by atoms with Crippen molar-refractivity contribution in [3.05, 3.63) is 42.0 Å². The number of benzene rings is 1. The predicted octanol–water partition coefficient (Wildman–Crippen LogP) is 1.73.